The number of aryl methyl sites for hydroxylation is 1. The third-order valence-corrected chi connectivity index (χ3v) is 2.96. The first-order valence-electron chi connectivity index (χ1n) is 6.03. The number of hydrogen-bond acceptors (Lipinski definition) is 2. The van der Waals surface area contributed by atoms with E-state index in [2.05, 4.69) is 15.3 Å². The first-order valence-corrected chi connectivity index (χ1v) is 6.03. The normalized spacial score (nSPS) is 10.6. The number of rotatable bonds is 2. The molecule has 0 saturated heterocycles. The van der Waals surface area contributed by atoms with Crippen molar-refractivity contribution in [2.75, 3.05) is 5.32 Å². The molecule has 0 bridgehead atoms. The molecule has 2 heterocycles. The van der Waals surface area contributed by atoms with E-state index in [1.807, 2.05) is 37.4 Å². The number of amides is 1. The monoisotopic (exact) mass is 251 g/mol. The third kappa shape index (κ3) is 2.20. The highest BCUT2D eigenvalue weighted by Gasteiger charge is 2.10. The molecule has 0 atom stereocenters. The lowest BCUT2D eigenvalue weighted by Crippen LogP contribution is -2.12. The standard InChI is InChI=1S/C15H13N3O/c1-10-7-12(9-16-8-10)18-15(19)13-4-2-3-11-5-6-17-14(11)13/h2-9,17H,1H3,(H,18,19). The lowest BCUT2D eigenvalue weighted by Gasteiger charge is -2.06. The predicted molar refractivity (Wildman–Crippen MR) is 75.2 cm³/mol. The van der Waals surface area contributed by atoms with Gasteiger partial charge in [0.1, 0.15) is 0 Å². The molecule has 2 N–H and O–H groups in total. The molecule has 0 aliphatic rings. The molecule has 1 aromatic carbocycles. The van der Waals surface area contributed by atoms with E-state index in [0.29, 0.717) is 11.3 Å². The number of benzene rings is 1. The quantitative estimate of drug-likeness (QED) is 0.735. The molecule has 0 aliphatic heterocycles. The van der Waals surface area contributed by atoms with Gasteiger partial charge in [-0.2, -0.15) is 0 Å². The molecule has 4 heteroatoms. The Bertz CT molecular complexity index is 746. The zero-order valence-corrected chi connectivity index (χ0v) is 10.5. The first-order chi connectivity index (χ1) is 9.24. The van der Waals surface area contributed by atoms with Gasteiger partial charge < -0.3 is 10.3 Å². The van der Waals surface area contributed by atoms with E-state index in [9.17, 15) is 4.79 Å². The molecule has 3 aromatic rings. The third-order valence-electron chi connectivity index (χ3n) is 2.96. The molecule has 4 nitrogen and oxygen atoms in total. The van der Waals surface area contributed by atoms with E-state index in [1.54, 1.807) is 18.5 Å². The summed E-state index contributed by atoms with van der Waals surface area (Å²) in [5.74, 6) is -0.138. The van der Waals surface area contributed by atoms with Gasteiger partial charge in [-0.05, 0) is 30.7 Å². The van der Waals surface area contributed by atoms with Gasteiger partial charge in [-0.1, -0.05) is 12.1 Å². The van der Waals surface area contributed by atoms with Crippen LogP contribution in [0.4, 0.5) is 5.69 Å². The second kappa shape index (κ2) is 4.57. The number of carbonyl (C=O) groups excluding carboxylic acids is 1. The van der Waals surface area contributed by atoms with Gasteiger partial charge in [0.2, 0.25) is 0 Å². The summed E-state index contributed by atoms with van der Waals surface area (Å²) in [7, 11) is 0. The zero-order chi connectivity index (χ0) is 13.2. The van der Waals surface area contributed by atoms with Gasteiger partial charge in [0.25, 0.3) is 5.91 Å². The maximum atomic E-state index is 12.3. The molecule has 2 aromatic heterocycles. The Morgan fingerprint density at radius 2 is 2.16 bits per heavy atom. The van der Waals surface area contributed by atoms with Gasteiger partial charge in [-0.15, -0.1) is 0 Å². The summed E-state index contributed by atoms with van der Waals surface area (Å²) < 4.78 is 0. The number of pyridine rings is 1. The van der Waals surface area contributed by atoms with Crippen molar-refractivity contribution in [1.82, 2.24) is 9.97 Å². The molecule has 0 fully saturated rings. The van der Waals surface area contributed by atoms with Crippen LogP contribution in [0.3, 0.4) is 0 Å². The highest BCUT2D eigenvalue weighted by Crippen LogP contribution is 2.18. The van der Waals surface area contributed by atoms with Crippen LogP contribution in [0.15, 0.2) is 48.9 Å². The largest absolute Gasteiger partial charge is 0.361 e. The fraction of sp³-hybridized carbons (Fsp3) is 0.0667. The number of carbonyl (C=O) groups is 1. The Morgan fingerprint density at radius 3 is 3.00 bits per heavy atom. The van der Waals surface area contributed by atoms with Crippen molar-refractivity contribution in [3.8, 4) is 0 Å². The van der Waals surface area contributed by atoms with Gasteiger partial charge in [-0.3, -0.25) is 9.78 Å². The lowest BCUT2D eigenvalue weighted by molar-refractivity contribution is 0.102. The number of nitrogens with one attached hydrogen (secondary N) is 2. The number of nitrogens with zero attached hydrogens (tertiary/aromatic N) is 1. The van der Waals surface area contributed by atoms with Crippen LogP contribution in [-0.4, -0.2) is 15.9 Å². The molecule has 0 spiro atoms. The van der Waals surface area contributed by atoms with Gasteiger partial charge in [0, 0.05) is 17.8 Å². The number of H-pyrrole nitrogens is 1. The maximum absolute atomic E-state index is 12.3. The Hall–Kier alpha value is -2.62. The van der Waals surface area contributed by atoms with E-state index in [0.717, 1.165) is 16.5 Å². The summed E-state index contributed by atoms with van der Waals surface area (Å²) in [6, 6.07) is 9.48. The van der Waals surface area contributed by atoms with Crippen LogP contribution in [-0.2, 0) is 0 Å². The summed E-state index contributed by atoms with van der Waals surface area (Å²) in [5, 5.41) is 3.88. The predicted octanol–water partition coefficient (Wildman–Crippen LogP) is 3.12. The molecular weight excluding hydrogens is 238 g/mol. The topological polar surface area (TPSA) is 57.8 Å². The van der Waals surface area contributed by atoms with Gasteiger partial charge in [0.05, 0.1) is 23.0 Å². The number of anilines is 1. The smallest absolute Gasteiger partial charge is 0.257 e. The zero-order valence-electron chi connectivity index (χ0n) is 10.5. The molecule has 19 heavy (non-hydrogen) atoms. The second-order valence-corrected chi connectivity index (χ2v) is 4.45. The van der Waals surface area contributed by atoms with Crippen molar-refractivity contribution in [1.29, 1.82) is 0 Å². The number of aromatic nitrogens is 2. The van der Waals surface area contributed by atoms with Crippen molar-refractivity contribution < 1.29 is 4.79 Å². The SMILES string of the molecule is Cc1cncc(NC(=O)c2cccc3cc[nH]c23)c1. The highest BCUT2D eigenvalue weighted by molar-refractivity contribution is 6.11. The Morgan fingerprint density at radius 1 is 1.26 bits per heavy atom. The van der Waals surface area contributed by atoms with Gasteiger partial charge >= 0.3 is 0 Å². The van der Waals surface area contributed by atoms with Crippen molar-refractivity contribution >= 4 is 22.5 Å². The second-order valence-electron chi connectivity index (χ2n) is 4.45. The average molecular weight is 251 g/mol. The molecule has 3 rings (SSSR count). The van der Waals surface area contributed by atoms with Crippen molar-refractivity contribution in [2.45, 2.75) is 6.92 Å². The number of aromatic amines is 1. The average Bonchev–Trinajstić information content (AvgIpc) is 2.86. The van der Waals surface area contributed by atoms with Crippen molar-refractivity contribution in [3.63, 3.8) is 0 Å². The fourth-order valence-corrected chi connectivity index (χ4v) is 2.10. The molecular formula is C15H13N3O. The minimum Gasteiger partial charge on any atom is -0.361 e. The van der Waals surface area contributed by atoms with Crippen LogP contribution in [0.5, 0.6) is 0 Å². The lowest BCUT2D eigenvalue weighted by atomic mass is 10.1. The highest BCUT2D eigenvalue weighted by atomic mass is 16.1. The summed E-state index contributed by atoms with van der Waals surface area (Å²) in [6.07, 6.45) is 5.22. The van der Waals surface area contributed by atoms with Crippen LogP contribution in [0.2, 0.25) is 0 Å². The molecule has 0 radical (unpaired) electrons. The van der Waals surface area contributed by atoms with E-state index in [1.165, 1.54) is 0 Å². The Labute approximate surface area is 110 Å². The fourth-order valence-electron chi connectivity index (χ4n) is 2.10. The number of hydrogen-bond donors (Lipinski definition) is 2. The number of para-hydroxylation sites is 1. The molecule has 0 aliphatic carbocycles. The summed E-state index contributed by atoms with van der Waals surface area (Å²) in [5.41, 5.74) is 3.19. The summed E-state index contributed by atoms with van der Waals surface area (Å²) in [6.45, 7) is 1.94. The number of fused-ring (bicyclic) bond motifs is 1. The Kier molecular flexibility index (Phi) is 2.76. The van der Waals surface area contributed by atoms with Gasteiger partial charge in [0.15, 0.2) is 0 Å². The maximum Gasteiger partial charge on any atom is 0.257 e. The first kappa shape index (κ1) is 11.5. The molecule has 94 valence electrons. The van der Waals surface area contributed by atoms with E-state index in [4.69, 9.17) is 0 Å². The summed E-state index contributed by atoms with van der Waals surface area (Å²) in [4.78, 5) is 19.4. The van der Waals surface area contributed by atoms with Crippen molar-refractivity contribution in [3.05, 3.63) is 60.0 Å². The van der Waals surface area contributed by atoms with Crippen LogP contribution in [0.25, 0.3) is 10.9 Å². The van der Waals surface area contributed by atoms with Crippen LogP contribution in [0.1, 0.15) is 15.9 Å². The Balaban J connectivity index is 1.94. The van der Waals surface area contributed by atoms with E-state index < -0.39 is 0 Å². The van der Waals surface area contributed by atoms with E-state index >= 15 is 0 Å². The van der Waals surface area contributed by atoms with Crippen LogP contribution in [0, 0.1) is 6.92 Å². The minimum atomic E-state index is -0.138. The molecule has 0 unspecified atom stereocenters. The molecule has 1 amide bonds. The van der Waals surface area contributed by atoms with E-state index in [-0.39, 0.29) is 5.91 Å². The van der Waals surface area contributed by atoms with Crippen LogP contribution >= 0.6 is 0 Å². The molecule has 0 saturated carbocycles. The summed E-state index contributed by atoms with van der Waals surface area (Å²) >= 11 is 0. The van der Waals surface area contributed by atoms with Gasteiger partial charge in [-0.25, -0.2) is 0 Å². The van der Waals surface area contributed by atoms with Crippen LogP contribution < -0.4 is 5.32 Å². The minimum absolute atomic E-state index is 0.138. The van der Waals surface area contributed by atoms with Crippen molar-refractivity contribution in [2.24, 2.45) is 0 Å².